The van der Waals surface area contributed by atoms with Gasteiger partial charge in [0, 0.05) is 20.1 Å². The number of amides is 2. The molecule has 2 atom stereocenters. The highest BCUT2D eigenvalue weighted by Gasteiger charge is 2.12. The summed E-state index contributed by atoms with van der Waals surface area (Å²) in [6, 6.07) is 1.82. The van der Waals surface area contributed by atoms with E-state index in [1.165, 1.54) is 4.90 Å². The van der Waals surface area contributed by atoms with E-state index in [2.05, 4.69) is 11.4 Å². The number of aliphatic carboxylic acids is 1. The molecule has 0 heterocycles. The first-order valence-electron chi connectivity index (χ1n) is 5.99. The van der Waals surface area contributed by atoms with E-state index in [-0.39, 0.29) is 11.9 Å². The zero-order chi connectivity index (χ0) is 14.1. The van der Waals surface area contributed by atoms with E-state index in [4.69, 9.17) is 10.4 Å². The van der Waals surface area contributed by atoms with Gasteiger partial charge in [-0.1, -0.05) is 6.92 Å². The molecule has 0 spiro atoms. The third kappa shape index (κ3) is 6.74. The van der Waals surface area contributed by atoms with Crippen molar-refractivity contribution >= 4 is 12.0 Å². The highest BCUT2D eigenvalue weighted by molar-refractivity contribution is 5.73. The minimum absolute atomic E-state index is 0.201. The molecule has 2 unspecified atom stereocenters. The maximum absolute atomic E-state index is 11.6. The summed E-state index contributed by atoms with van der Waals surface area (Å²) in [4.78, 5) is 23.6. The minimum atomic E-state index is -0.818. The largest absolute Gasteiger partial charge is 0.481 e. The van der Waals surface area contributed by atoms with Gasteiger partial charge < -0.3 is 15.3 Å². The summed E-state index contributed by atoms with van der Waals surface area (Å²) in [7, 11) is 1.63. The summed E-state index contributed by atoms with van der Waals surface area (Å²) in [5, 5.41) is 20.0. The first-order valence-corrected chi connectivity index (χ1v) is 5.99. The molecule has 0 aromatic heterocycles. The van der Waals surface area contributed by atoms with E-state index in [0.717, 1.165) is 0 Å². The molecule has 2 amide bonds. The molecule has 0 saturated heterocycles. The average Bonchev–Trinajstić information content (AvgIpc) is 2.33. The second-order valence-corrected chi connectivity index (χ2v) is 4.52. The van der Waals surface area contributed by atoms with Gasteiger partial charge in [-0.25, -0.2) is 4.79 Å². The standard InChI is InChI=1S/C12H21N3O3/c1-9(7-13)8-15(3)12(18)14-6-4-5-10(2)11(16)17/h9-10H,4-6,8H2,1-3H3,(H,14,18)(H,16,17). The van der Waals surface area contributed by atoms with Gasteiger partial charge in [0.1, 0.15) is 0 Å². The normalized spacial score (nSPS) is 13.2. The van der Waals surface area contributed by atoms with Crippen molar-refractivity contribution < 1.29 is 14.7 Å². The lowest BCUT2D eigenvalue weighted by molar-refractivity contribution is -0.141. The summed E-state index contributed by atoms with van der Waals surface area (Å²) in [5.74, 6) is -1.41. The number of hydrogen-bond acceptors (Lipinski definition) is 3. The quantitative estimate of drug-likeness (QED) is 0.670. The van der Waals surface area contributed by atoms with Gasteiger partial charge >= 0.3 is 12.0 Å². The molecule has 6 nitrogen and oxygen atoms in total. The Labute approximate surface area is 108 Å². The molecular formula is C12H21N3O3. The number of nitrogens with zero attached hydrogens (tertiary/aromatic N) is 2. The topological polar surface area (TPSA) is 93.4 Å². The Balaban J connectivity index is 3.77. The zero-order valence-corrected chi connectivity index (χ0v) is 11.1. The van der Waals surface area contributed by atoms with Crippen LogP contribution < -0.4 is 5.32 Å². The lowest BCUT2D eigenvalue weighted by atomic mass is 10.1. The molecule has 0 aromatic carbocycles. The molecular weight excluding hydrogens is 234 g/mol. The van der Waals surface area contributed by atoms with Gasteiger partial charge in [0.2, 0.25) is 0 Å². The Hall–Kier alpha value is -1.77. The van der Waals surface area contributed by atoms with Gasteiger partial charge in [0.25, 0.3) is 0 Å². The van der Waals surface area contributed by atoms with Crippen molar-refractivity contribution in [2.75, 3.05) is 20.1 Å². The summed E-state index contributed by atoms with van der Waals surface area (Å²) in [6.07, 6.45) is 1.16. The van der Waals surface area contributed by atoms with Crippen LogP contribution in [0.1, 0.15) is 26.7 Å². The average molecular weight is 255 g/mol. The SMILES string of the molecule is CC(C#N)CN(C)C(=O)NCCCC(C)C(=O)O. The number of carboxylic acids is 1. The van der Waals surface area contributed by atoms with E-state index in [0.29, 0.717) is 25.9 Å². The Bertz CT molecular complexity index is 325. The highest BCUT2D eigenvalue weighted by Crippen LogP contribution is 2.04. The fourth-order valence-electron chi connectivity index (χ4n) is 1.40. The molecule has 6 heteroatoms. The van der Waals surface area contributed by atoms with Crippen molar-refractivity contribution in [2.24, 2.45) is 11.8 Å². The molecule has 0 aliphatic rings. The lowest BCUT2D eigenvalue weighted by Crippen LogP contribution is -2.39. The maximum Gasteiger partial charge on any atom is 0.317 e. The van der Waals surface area contributed by atoms with E-state index in [1.54, 1.807) is 20.9 Å². The van der Waals surface area contributed by atoms with Crippen molar-refractivity contribution in [2.45, 2.75) is 26.7 Å². The first-order chi connectivity index (χ1) is 8.38. The van der Waals surface area contributed by atoms with E-state index < -0.39 is 11.9 Å². The van der Waals surface area contributed by atoms with Crippen molar-refractivity contribution in [1.29, 1.82) is 5.26 Å². The van der Waals surface area contributed by atoms with E-state index in [9.17, 15) is 9.59 Å². The molecule has 102 valence electrons. The number of carboxylic acid groups (broad SMARTS) is 1. The van der Waals surface area contributed by atoms with Gasteiger partial charge in [-0.05, 0) is 19.8 Å². The van der Waals surface area contributed by atoms with Crippen molar-refractivity contribution in [3.8, 4) is 6.07 Å². The van der Waals surface area contributed by atoms with Crippen LogP contribution in [0.4, 0.5) is 4.79 Å². The second kappa shape index (κ2) is 8.34. The van der Waals surface area contributed by atoms with Crippen LogP contribution in [0.25, 0.3) is 0 Å². The number of rotatable bonds is 7. The van der Waals surface area contributed by atoms with Crippen LogP contribution in [0.3, 0.4) is 0 Å². The third-order valence-electron chi connectivity index (χ3n) is 2.63. The maximum atomic E-state index is 11.6. The number of nitriles is 1. The Morgan fingerprint density at radius 3 is 2.56 bits per heavy atom. The minimum Gasteiger partial charge on any atom is -0.481 e. The number of carbonyl (C=O) groups is 2. The fourth-order valence-corrected chi connectivity index (χ4v) is 1.40. The summed E-state index contributed by atoms with van der Waals surface area (Å²) >= 11 is 0. The summed E-state index contributed by atoms with van der Waals surface area (Å²) in [6.45, 7) is 4.22. The predicted molar refractivity (Wildman–Crippen MR) is 66.8 cm³/mol. The molecule has 18 heavy (non-hydrogen) atoms. The molecule has 0 aliphatic carbocycles. The number of hydrogen-bond donors (Lipinski definition) is 2. The smallest absolute Gasteiger partial charge is 0.317 e. The van der Waals surface area contributed by atoms with Gasteiger partial charge in [0.15, 0.2) is 0 Å². The van der Waals surface area contributed by atoms with Crippen molar-refractivity contribution in [1.82, 2.24) is 10.2 Å². The van der Waals surface area contributed by atoms with Gasteiger partial charge in [-0.2, -0.15) is 5.26 Å². The summed E-state index contributed by atoms with van der Waals surface area (Å²) in [5.41, 5.74) is 0. The third-order valence-corrected chi connectivity index (χ3v) is 2.63. The van der Waals surface area contributed by atoms with Crippen LogP contribution in [0.5, 0.6) is 0 Å². The molecule has 0 bridgehead atoms. The molecule has 0 radical (unpaired) electrons. The molecule has 0 fully saturated rings. The Kier molecular flexibility index (Phi) is 7.52. The molecule has 0 aliphatic heterocycles. The van der Waals surface area contributed by atoms with E-state index in [1.807, 2.05) is 0 Å². The number of nitrogens with one attached hydrogen (secondary N) is 1. The molecule has 0 saturated carbocycles. The van der Waals surface area contributed by atoms with Crippen molar-refractivity contribution in [3.05, 3.63) is 0 Å². The van der Waals surface area contributed by atoms with Crippen LogP contribution in [0.15, 0.2) is 0 Å². The molecule has 0 aromatic rings. The Morgan fingerprint density at radius 2 is 2.06 bits per heavy atom. The first kappa shape index (κ1) is 16.2. The Morgan fingerprint density at radius 1 is 1.44 bits per heavy atom. The molecule has 0 rings (SSSR count). The van der Waals surface area contributed by atoms with Gasteiger partial charge in [-0.15, -0.1) is 0 Å². The van der Waals surface area contributed by atoms with Crippen LogP contribution in [0.2, 0.25) is 0 Å². The van der Waals surface area contributed by atoms with Crippen molar-refractivity contribution in [3.63, 3.8) is 0 Å². The fraction of sp³-hybridized carbons (Fsp3) is 0.750. The van der Waals surface area contributed by atoms with Gasteiger partial charge in [-0.3, -0.25) is 4.79 Å². The van der Waals surface area contributed by atoms with Crippen LogP contribution in [-0.2, 0) is 4.79 Å². The zero-order valence-electron chi connectivity index (χ0n) is 11.1. The number of carbonyl (C=O) groups excluding carboxylic acids is 1. The van der Waals surface area contributed by atoms with Crippen LogP contribution >= 0.6 is 0 Å². The van der Waals surface area contributed by atoms with E-state index >= 15 is 0 Å². The highest BCUT2D eigenvalue weighted by atomic mass is 16.4. The molecule has 2 N–H and O–H groups in total. The van der Waals surface area contributed by atoms with Crippen LogP contribution in [0, 0.1) is 23.2 Å². The predicted octanol–water partition coefficient (Wildman–Crippen LogP) is 1.29. The monoisotopic (exact) mass is 255 g/mol. The lowest BCUT2D eigenvalue weighted by Gasteiger charge is -2.19. The number of urea groups is 1. The van der Waals surface area contributed by atoms with Gasteiger partial charge in [0.05, 0.1) is 17.9 Å². The summed E-state index contributed by atoms with van der Waals surface area (Å²) < 4.78 is 0. The van der Waals surface area contributed by atoms with Crippen LogP contribution in [-0.4, -0.2) is 42.1 Å². The second-order valence-electron chi connectivity index (χ2n) is 4.52.